The second-order valence-electron chi connectivity index (χ2n) is 5.39. The Morgan fingerprint density at radius 2 is 2.10 bits per heavy atom. The summed E-state index contributed by atoms with van der Waals surface area (Å²) in [5, 5.41) is 3.07. The summed E-state index contributed by atoms with van der Waals surface area (Å²) < 4.78 is 19.4. The first-order valence-corrected chi connectivity index (χ1v) is 7.70. The molecule has 0 bridgehead atoms. The van der Waals surface area contributed by atoms with Crippen molar-refractivity contribution in [2.24, 2.45) is 5.92 Å². The van der Waals surface area contributed by atoms with Crippen LogP contribution in [0.1, 0.15) is 50.7 Å². The van der Waals surface area contributed by atoms with Gasteiger partial charge in [0.05, 0.1) is 6.61 Å². The molecule has 0 aliphatic rings. The smallest absolute Gasteiger partial charge is 0.128 e. The van der Waals surface area contributed by atoms with E-state index in [2.05, 4.69) is 19.2 Å². The van der Waals surface area contributed by atoms with Crippen LogP contribution in [-0.4, -0.2) is 13.7 Å². The highest BCUT2D eigenvalue weighted by atomic mass is 19.1. The lowest BCUT2D eigenvalue weighted by molar-refractivity contribution is 0.0801. The summed E-state index contributed by atoms with van der Waals surface area (Å²) in [5.74, 6) is 0.421. The van der Waals surface area contributed by atoms with E-state index < -0.39 is 0 Å². The van der Waals surface area contributed by atoms with Crippen LogP contribution in [0.3, 0.4) is 0 Å². The van der Waals surface area contributed by atoms with E-state index in [0.717, 1.165) is 25.1 Å². The quantitative estimate of drug-likeness (QED) is 0.691. The Balaban J connectivity index is 2.45. The Hall–Kier alpha value is -0.930. The molecule has 1 aromatic rings. The summed E-state index contributed by atoms with van der Waals surface area (Å²) >= 11 is 0. The maximum absolute atomic E-state index is 13.7. The van der Waals surface area contributed by atoms with Gasteiger partial charge in [0.2, 0.25) is 0 Å². The molecule has 0 heterocycles. The van der Waals surface area contributed by atoms with E-state index in [1.807, 2.05) is 19.2 Å². The van der Waals surface area contributed by atoms with Crippen LogP contribution in [0, 0.1) is 11.7 Å². The van der Waals surface area contributed by atoms with E-state index in [4.69, 9.17) is 4.74 Å². The standard InChI is InChI=1S/C17H28FNO/c1-4-6-7-14(5-2)12-20-13-16-10-15(11-19-3)8-9-17(16)18/h8-10,14,19H,4-7,11-13H2,1-3H3. The van der Waals surface area contributed by atoms with Gasteiger partial charge in [-0.05, 0) is 37.1 Å². The van der Waals surface area contributed by atoms with Crippen LogP contribution in [0.25, 0.3) is 0 Å². The summed E-state index contributed by atoms with van der Waals surface area (Å²) in [6.07, 6.45) is 4.79. The normalized spacial score (nSPS) is 12.6. The van der Waals surface area contributed by atoms with Crippen LogP contribution in [0.4, 0.5) is 4.39 Å². The van der Waals surface area contributed by atoms with Gasteiger partial charge in [-0.15, -0.1) is 0 Å². The third kappa shape index (κ3) is 6.02. The molecule has 20 heavy (non-hydrogen) atoms. The van der Waals surface area contributed by atoms with Gasteiger partial charge in [0.1, 0.15) is 5.82 Å². The van der Waals surface area contributed by atoms with E-state index in [1.165, 1.54) is 25.3 Å². The van der Waals surface area contributed by atoms with Crippen molar-refractivity contribution in [3.8, 4) is 0 Å². The zero-order chi connectivity index (χ0) is 14.8. The molecule has 0 aliphatic carbocycles. The van der Waals surface area contributed by atoms with E-state index in [-0.39, 0.29) is 5.82 Å². The zero-order valence-electron chi connectivity index (χ0n) is 13.0. The first-order chi connectivity index (χ1) is 9.71. The fourth-order valence-electron chi connectivity index (χ4n) is 2.29. The van der Waals surface area contributed by atoms with Gasteiger partial charge in [0.25, 0.3) is 0 Å². The Kier molecular flexibility index (Phi) is 8.47. The Morgan fingerprint density at radius 3 is 2.75 bits per heavy atom. The average molecular weight is 281 g/mol. The first-order valence-electron chi connectivity index (χ1n) is 7.70. The minimum Gasteiger partial charge on any atom is -0.376 e. The largest absolute Gasteiger partial charge is 0.376 e. The highest BCUT2D eigenvalue weighted by Crippen LogP contribution is 2.16. The van der Waals surface area contributed by atoms with Gasteiger partial charge in [-0.1, -0.05) is 39.2 Å². The van der Waals surface area contributed by atoms with Gasteiger partial charge in [0.15, 0.2) is 0 Å². The van der Waals surface area contributed by atoms with Gasteiger partial charge in [0, 0.05) is 18.7 Å². The maximum atomic E-state index is 13.7. The molecule has 0 aliphatic heterocycles. The fourth-order valence-corrected chi connectivity index (χ4v) is 2.29. The van der Waals surface area contributed by atoms with E-state index >= 15 is 0 Å². The number of hydrogen-bond donors (Lipinski definition) is 1. The summed E-state index contributed by atoms with van der Waals surface area (Å²) in [6.45, 7) is 6.24. The molecule has 0 saturated heterocycles. The number of ether oxygens (including phenoxy) is 1. The number of rotatable bonds is 10. The number of nitrogens with one attached hydrogen (secondary N) is 1. The van der Waals surface area contributed by atoms with Crippen LogP contribution in [-0.2, 0) is 17.9 Å². The van der Waals surface area contributed by atoms with Crippen molar-refractivity contribution in [3.05, 3.63) is 35.1 Å². The fraction of sp³-hybridized carbons (Fsp3) is 0.647. The molecule has 3 heteroatoms. The number of halogens is 1. The van der Waals surface area contributed by atoms with Gasteiger partial charge < -0.3 is 10.1 Å². The van der Waals surface area contributed by atoms with Gasteiger partial charge >= 0.3 is 0 Å². The molecule has 1 atom stereocenters. The molecule has 2 nitrogen and oxygen atoms in total. The van der Waals surface area contributed by atoms with Crippen LogP contribution >= 0.6 is 0 Å². The zero-order valence-corrected chi connectivity index (χ0v) is 13.0. The van der Waals surface area contributed by atoms with Crippen LogP contribution in [0.5, 0.6) is 0 Å². The highest BCUT2D eigenvalue weighted by Gasteiger charge is 2.08. The molecule has 1 aromatic carbocycles. The molecule has 0 saturated carbocycles. The lowest BCUT2D eigenvalue weighted by Crippen LogP contribution is -2.10. The molecule has 0 amide bonds. The van der Waals surface area contributed by atoms with Gasteiger partial charge in [-0.2, -0.15) is 0 Å². The molecule has 0 fully saturated rings. The predicted octanol–water partition coefficient (Wildman–Crippen LogP) is 4.28. The summed E-state index contributed by atoms with van der Waals surface area (Å²) in [7, 11) is 1.89. The van der Waals surface area contributed by atoms with Crippen molar-refractivity contribution in [1.29, 1.82) is 0 Å². The van der Waals surface area contributed by atoms with Crippen LogP contribution in [0.15, 0.2) is 18.2 Å². The topological polar surface area (TPSA) is 21.3 Å². The number of benzene rings is 1. The average Bonchev–Trinajstić information content (AvgIpc) is 2.46. The second kappa shape index (κ2) is 9.89. The third-order valence-electron chi connectivity index (χ3n) is 3.65. The lowest BCUT2D eigenvalue weighted by atomic mass is 10.0. The summed E-state index contributed by atoms with van der Waals surface area (Å²) in [6, 6.07) is 5.23. The minimum atomic E-state index is -0.175. The second-order valence-corrected chi connectivity index (χ2v) is 5.39. The minimum absolute atomic E-state index is 0.175. The summed E-state index contributed by atoms with van der Waals surface area (Å²) in [5.41, 5.74) is 1.74. The van der Waals surface area contributed by atoms with Crippen LogP contribution < -0.4 is 5.32 Å². The molecule has 1 unspecified atom stereocenters. The van der Waals surface area contributed by atoms with E-state index in [1.54, 1.807) is 0 Å². The van der Waals surface area contributed by atoms with Crippen molar-refractivity contribution in [2.75, 3.05) is 13.7 Å². The first kappa shape index (κ1) is 17.1. The van der Waals surface area contributed by atoms with Crippen molar-refractivity contribution in [1.82, 2.24) is 5.32 Å². The third-order valence-corrected chi connectivity index (χ3v) is 3.65. The molecular formula is C17H28FNO. The Bertz CT molecular complexity index is 381. The van der Waals surface area contributed by atoms with Crippen molar-refractivity contribution in [3.63, 3.8) is 0 Å². The summed E-state index contributed by atoms with van der Waals surface area (Å²) in [4.78, 5) is 0. The van der Waals surface area contributed by atoms with Crippen molar-refractivity contribution < 1.29 is 9.13 Å². The van der Waals surface area contributed by atoms with Crippen molar-refractivity contribution >= 4 is 0 Å². The van der Waals surface area contributed by atoms with Gasteiger partial charge in [-0.3, -0.25) is 0 Å². The van der Waals surface area contributed by atoms with E-state index in [0.29, 0.717) is 18.1 Å². The number of unbranched alkanes of at least 4 members (excludes halogenated alkanes) is 1. The lowest BCUT2D eigenvalue weighted by Gasteiger charge is -2.15. The predicted molar refractivity (Wildman–Crippen MR) is 82.1 cm³/mol. The molecule has 1 N–H and O–H groups in total. The molecular weight excluding hydrogens is 253 g/mol. The molecule has 1 rings (SSSR count). The van der Waals surface area contributed by atoms with Gasteiger partial charge in [-0.25, -0.2) is 4.39 Å². The molecule has 114 valence electrons. The number of hydrogen-bond acceptors (Lipinski definition) is 2. The van der Waals surface area contributed by atoms with E-state index in [9.17, 15) is 4.39 Å². The molecule has 0 radical (unpaired) electrons. The molecule has 0 spiro atoms. The SMILES string of the molecule is CCCCC(CC)COCc1cc(CNC)ccc1F. The highest BCUT2D eigenvalue weighted by molar-refractivity contribution is 5.24. The Labute approximate surface area is 122 Å². The molecule has 0 aromatic heterocycles. The van der Waals surface area contributed by atoms with Crippen LogP contribution in [0.2, 0.25) is 0 Å². The van der Waals surface area contributed by atoms with Crippen molar-refractivity contribution in [2.45, 2.75) is 52.7 Å². The maximum Gasteiger partial charge on any atom is 0.128 e. The monoisotopic (exact) mass is 281 g/mol. The Morgan fingerprint density at radius 1 is 1.30 bits per heavy atom.